The second-order valence-electron chi connectivity index (χ2n) is 5.66. The first-order chi connectivity index (χ1) is 10.2. The molecule has 2 atom stereocenters. The van der Waals surface area contributed by atoms with Crippen LogP contribution in [0.5, 0.6) is 0 Å². The lowest BCUT2D eigenvalue weighted by Crippen LogP contribution is -2.30. The van der Waals surface area contributed by atoms with Crippen molar-refractivity contribution >= 4 is 17.5 Å². The van der Waals surface area contributed by atoms with E-state index in [2.05, 4.69) is 5.32 Å². The average molecular weight is 283 g/mol. The van der Waals surface area contributed by atoms with Crippen molar-refractivity contribution in [2.45, 2.75) is 19.3 Å². The van der Waals surface area contributed by atoms with E-state index in [0.29, 0.717) is 17.7 Å². The maximum Gasteiger partial charge on any atom is 0.228 e. The zero-order valence-corrected chi connectivity index (χ0v) is 11.7. The fourth-order valence-electron chi connectivity index (χ4n) is 2.79. The summed E-state index contributed by atoms with van der Waals surface area (Å²) in [5.74, 6) is -0.306. The minimum absolute atomic E-state index is 0.0998. The van der Waals surface area contributed by atoms with Crippen LogP contribution in [0.4, 0.5) is 5.69 Å². The van der Waals surface area contributed by atoms with Crippen LogP contribution in [-0.4, -0.2) is 29.8 Å². The molecule has 5 heteroatoms. The number of amides is 2. The summed E-state index contributed by atoms with van der Waals surface area (Å²) in [5.41, 5.74) is 1.22. The van der Waals surface area contributed by atoms with Crippen LogP contribution in [0.1, 0.15) is 24.8 Å². The maximum atomic E-state index is 12.2. The SMILES string of the molecule is N#Cc1ccc(NC(=O)C2CC2C(=O)N2CCCC2)cc1. The molecule has 21 heavy (non-hydrogen) atoms. The van der Waals surface area contributed by atoms with Crippen molar-refractivity contribution in [1.82, 2.24) is 4.90 Å². The molecule has 0 bridgehead atoms. The monoisotopic (exact) mass is 283 g/mol. The Labute approximate surface area is 123 Å². The number of hydrogen-bond acceptors (Lipinski definition) is 3. The largest absolute Gasteiger partial charge is 0.342 e. The predicted molar refractivity (Wildman–Crippen MR) is 77.2 cm³/mol. The number of nitrogens with one attached hydrogen (secondary N) is 1. The summed E-state index contributed by atoms with van der Waals surface area (Å²) in [6.07, 6.45) is 2.79. The standard InChI is InChI=1S/C16H17N3O2/c17-10-11-3-5-12(6-4-11)18-15(20)13-9-14(13)16(21)19-7-1-2-8-19/h3-6,13-14H,1-2,7-9H2,(H,18,20). The van der Waals surface area contributed by atoms with Crippen molar-refractivity contribution in [2.75, 3.05) is 18.4 Å². The Hall–Kier alpha value is -2.35. The minimum atomic E-state index is -0.200. The molecule has 1 saturated carbocycles. The van der Waals surface area contributed by atoms with Crippen LogP contribution in [0.3, 0.4) is 0 Å². The van der Waals surface area contributed by atoms with Gasteiger partial charge in [-0.3, -0.25) is 9.59 Å². The number of carbonyl (C=O) groups is 2. The Morgan fingerprint density at radius 1 is 1.14 bits per heavy atom. The second kappa shape index (κ2) is 5.57. The number of rotatable bonds is 3. The molecule has 1 aliphatic carbocycles. The Bertz CT molecular complexity index is 597. The molecule has 2 fully saturated rings. The molecule has 3 rings (SSSR count). The third-order valence-corrected chi connectivity index (χ3v) is 4.14. The predicted octanol–water partition coefficient (Wildman–Crippen LogP) is 1.76. The first kappa shape index (κ1) is 13.6. The van der Waals surface area contributed by atoms with E-state index in [1.165, 1.54) is 0 Å². The molecule has 1 aliphatic heterocycles. The second-order valence-corrected chi connectivity index (χ2v) is 5.66. The molecule has 1 heterocycles. The van der Waals surface area contributed by atoms with Gasteiger partial charge in [-0.15, -0.1) is 0 Å². The Morgan fingerprint density at radius 2 is 1.81 bits per heavy atom. The molecule has 1 N–H and O–H groups in total. The highest BCUT2D eigenvalue weighted by Crippen LogP contribution is 2.41. The smallest absolute Gasteiger partial charge is 0.228 e. The van der Waals surface area contributed by atoms with Crippen molar-refractivity contribution in [2.24, 2.45) is 11.8 Å². The molecule has 0 aromatic heterocycles. The summed E-state index contributed by atoms with van der Waals surface area (Å²) in [5, 5.41) is 11.5. The maximum absolute atomic E-state index is 12.2. The summed E-state index contributed by atoms with van der Waals surface area (Å²) < 4.78 is 0. The summed E-state index contributed by atoms with van der Waals surface area (Å²) in [6, 6.07) is 8.77. The molecule has 5 nitrogen and oxygen atoms in total. The van der Waals surface area contributed by atoms with Crippen LogP contribution in [0, 0.1) is 23.2 Å². The van der Waals surface area contributed by atoms with Gasteiger partial charge in [0, 0.05) is 18.8 Å². The van der Waals surface area contributed by atoms with Gasteiger partial charge in [-0.25, -0.2) is 0 Å². The molecule has 2 unspecified atom stereocenters. The Kier molecular flexibility index (Phi) is 3.61. The van der Waals surface area contributed by atoms with Crippen molar-refractivity contribution in [1.29, 1.82) is 5.26 Å². The van der Waals surface area contributed by atoms with Gasteiger partial charge in [-0.2, -0.15) is 5.26 Å². The number of nitriles is 1. The van der Waals surface area contributed by atoms with E-state index >= 15 is 0 Å². The third kappa shape index (κ3) is 2.89. The van der Waals surface area contributed by atoms with Crippen LogP contribution in [0.25, 0.3) is 0 Å². The molecule has 2 amide bonds. The van der Waals surface area contributed by atoms with Gasteiger partial charge in [-0.1, -0.05) is 0 Å². The van der Waals surface area contributed by atoms with E-state index < -0.39 is 0 Å². The lowest BCUT2D eigenvalue weighted by atomic mass is 10.2. The topological polar surface area (TPSA) is 73.2 Å². The lowest BCUT2D eigenvalue weighted by molar-refractivity contribution is -0.133. The lowest BCUT2D eigenvalue weighted by Gasteiger charge is -2.14. The van der Waals surface area contributed by atoms with Gasteiger partial charge in [0.25, 0.3) is 0 Å². The summed E-state index contributed by atoms with van der Waals surface area (Å²) >= 11 is 0. The minimum Gasteiger partial charge on any atom is -0.342 e. The Morgan fingerprint density at radius 3 is 2.43 bits per heavy atom. The summed E-state index contributed by atoms with van der Waals surface area (Å²) in [4.78, 5) is 26.2. The van der Waals surface area contributed by atoms with Gasteiger partial charge in [0.2, 0.25) is 11.8 Å². The molecular formula is C16H17N3O2. The molecule has 1 aromatic rings. The third-order valence-electron chi connectivity index (χ3n) is 4.14. The number of nitrogens with zero attached hydrogens (tertiary/aromatic N) is 2. The Balaban J connectivity index is 1.55. The number of likely N-dealkylation sites (tertiary alicyclic amines) is 1. The molecule has 0 radical (unpaired) electrons. The van der Waals surface area contributed by atoms with Gasteiger partial charge in [0.15, 0.2) is 0 Å². The van der Waals surface area contributed by atoms with Gasteiger partial charge in [0.1, 0.15) is 0 Å². The van der Waals surface area contributed by atoms with E-state index in [4.69, 9.17) is 5.26 Å². The van der Waals surface area contributed by atoms with E-state index in [-0.39, 0.29) is 23.7 Å². The van der Waals surface area contributed by atoms with Crippen molar-refractivity contribution in [3.05, 3.63) is 29.8 Å². The highest BCUT2D eigenvalue weighted by molar-refractivity contribution is 5.99. The van der Waals surface area contributed by atoms with Crippen LogP contribution < -0.4 is 5.32 Å². The molecule has 2 aliphatic rings. The summed E-state index contributed by atoms with van der Waals surface area (Å²) in [6.45, 7) is 1.67. The van der Waals surface area contributed by atoms with E-state index in [9.17, 15) is 9.59 Å². The fourth-order valence-corrected chi connectivity index (χ4v) is 2.79. The van der Waals surface area contributed by atoms with Gasteiger partial charge in [-0.05, 0) is 43.5 Å². The fraction of sp³-hybridized carbons (Fsp3) is 0.438. The van der Waals surface area contributed by atoms with E-state index in [1.807, 2.05) is 11.0 Å². The van der Waals surface area contributed by atoms with Crippen molar-refractivity contribution < 1.29 is 9.59 Å². The molecule has 108 valence electrons. The van der Waals surface area contributed by atoms with Crippen LogP contribution in [0.2, 0.25) is 0 Å². The quantitative estimate of drug-likeness (QED) is 0.918. The molecule has 0 spiro atoms. The normalized spacial score (nSPS) is 23.5. The van der Waals surface area contributed by atoms with Crippen molar-refractivity contribution in [3.63, 3.8) is 0 Å². The van der Waals surface area contributed by atoms with Gasteiger partial charge < -0.3 is 10.2 Å². The van der Waals surface area contributed by atoms with Crippen LogP contribution >= 0.6 is 0 Å². The van der Waals surface area contributed by atoms with E-state index in [0.717, 1.165) is 25.9 Å². The average Bonchev–Trinajstić information content (AvgIpc) is 3.13. The number of benzene rings is 1. The zero-order valence-electron chi connectivity index (χ0n) is 11.7. The first-order valence-electron chi connectivity index (χ1n) is 7.29. The van der Waals surface area contributed by atoms with Crippen LogP contribution in [0.15, 0.2) is 24.3 Å². The molecule has 1 saturated heterocycles. The van der Waals surface area contributed by atoms with E-state index in [1.54, 1.807) is 24.3 Å². The van der Waals surface area contributed by atoms with Crippen molar-refractivity contribution in [3.8, 4) is 6.07 Å². The van der Waals surface area contributed by atoms with Crippen LogP contribution in [-0.2, 0) is 9.59 Å². The number of carbonyl (C=O) groups excluding carboxylic acids is 2. The first-order valence-corrected chi connectivity index (χ1v) is 7.29. The number of hydrogen-bond donors (Lipinski definition) is 1. The van der Waals surface area contributed by atoms with Gasteiger partial charge in [0.05, 0.1) is 23.5 Å². The highest BCUT2D eigenvalue weighted by atomic mass is 16.2. The molecular weight excluding hydrogens is 266 g/mol. The number of anilines is 1. The van der Waals surface area contributed by atoms with Gasteiger partial charge >= 0.3 is 0 Å². The zero-order chi connectivity index (χ0) is 14.8. The summed E-state index contributed by atoms with van der Waals surface area (Å²) in [7, 11) is 0. The highest BCUT2D eigenvalue weighted by Gasteiger charge is 2.49. The molecule has 1 aromatic carbocycles.